The molecule has 1 aromatic carbocycles. The molecule has 0 spiro atoms. The number of amides is 1. The van der Waals surface area contributed by atoms with Crippen molar-refractivity contribution in [1.82, 2.24) is 15.1 Å². The fraction of sp³-hybridized carbons (Fsp3) is 0.611. The molecule has 0 atom stereocenters. The second-order valence-electron chi connectivity index (χ2n) is 6.18. The van der Waals surface area contributed by atoms with E-state index in [0.29, 0.717) is 6.54 Å². The Bertz CT molecular complexity index is 450. The van der Waals surface area contributed by atoms with E-state index in [1.807, 2.05) is 4.90 Å². The Balaban J connectivity index is 1.93. The first-order chi connectivity index (χ1) is 10.7. The van der Waals surface area contributed by atoms with Gasteiger partial charge in [0.25, 0.3) is 0 Å². The maximum atomic E-state index is 12.6. The first kappa shape index (κ1) is 17.0. The number of nitrogens with one attached hydrogen (secondary N) is 1. The average molecular weight is 303 g/mol. The van der Waals surface area contributed by atoms with Gasteiger partial charge in [0.2, 0.25) is 5.91 Å². The van der Waals surface area contributed by atoms with Crippen molar-refractivity contribution in [3.8, 4) is 0 Å². The molecule has 0 saturated carbocycles. The van der Waals surface area contributed by atoms with Crippen molar-refractivity contribution in [2.45, 2.75) is 33.2 Å². The van der Waals surface area contributed by atoms with Crippen LogP contribution in [0.25, 0.3) is 0 Å². The van der Waals surface area contributed by atoms with Crippen LogP contribution in [0.1, 0.15) is 30.9 Å². The van der Waals surface area contributed by atoms with E-state index < -0.39 is 0 Å². The van der Waals surface area contributed by atoms with Crippen LogP contribution in [0.5, 0.6) is 0 Å². The molecule has 1 heterocycles. The van der Waals surface area contributed by atoms with E-state index in [-0.39, 0.29) is 5.91 Å². The molecule has 0 aromatic heterocycles. The van der Waals surface area contributed by atoms with Gasteiger partial charge in [-0.05, 0) is 38.4 Å². The molecule has 2 rings (SSSR count). The number of aryl methyl sites for hydroxylation is 1. The van der Waals surface area contributed by atoms with E-state index in [4.69, 9.17) is 0 Å². The predicted octanol–water partition coefficient (Wildman–Crippen LogP) is 2.03. The third kappa shape index (κ3) is 5.43. The van der Waals surface area contributed by atoms with Crippen LogP contribution in [0.15, 0.2) is 24.3 Å². The van der Waals surface area contributed by atoms with Crippen molar-refractivity contribution in [3.05, 3.63) is 35.4 Å². The maximum absolute atomic E-state index is 12.6. The monoisotopic (exact) mass is 303 g/mol. The summed E-state index contributed by atoms with van der Waals surface area (Å²) in [5.41, 5.74) is 2.47. The Kier molecular flexibility index (Phi) is 6.87. The minimum absolute atomic E-state index is 0.254. The van der Waals surface area contributed by atoms with Crippen LogP contribution >= 0.6 is 0 Å². The summed E-state index contributed by atoms with van der Waals surface area (Å²) in [6, 6.07) is 8.48. The molecule has 1 N–H and O–H groups in total. The third-order valence-electron chi connectivity index (χ3n) is 4.13. The van der Waals surface area contributed by atoms with E-state index >= 15 is 0 Å². The Morgan fingerprint density at radius 3 is 2.73 bits per heavy atom. The molecule has 4 heteroatoms. The van der Waals surface area contributed by atoms with Gasteiger partial charge >= 0.3 is 0 Å². The van der Waals surface area contributed by atoms with Crippen molar-refractivity contribution in [2.24, 2.45) is 0 Å². The van der Waals surface area contributed by atoms with Gasteiger partial charge in [0.05, 0.1) is 6.54 Å². The molecule has 22 heavy (non-hydrogen) atoms. The Morgan fingerprint density at radius 1 is 1.23 bits per heavy atom. The Morgan fingerprint density at radius 2 is 2.00 bits per heavy atom. The van der Waals surface area contributed by atoms with Gasteiger partial charge in [-0.2, -0.15) is 0 Å². The standard InChI is InChI=1S/C18H29N3O/c1-3-11-21(14-17-7-5-16(2)6-8-17)18(22)15-20-12-4-9-19-10-13-20/h5-8,19H,3-4,9-15H2,1-2H3. The SMILES string of the molecule is CCCN(Cc1ccc(C)cc1)C(=O)CN1CCCNCC1. The molecule has 0 aliphatic carbocycles. The zero-order valence-corrected chi connectivity index (χ0v) is 14.0. The van der Waals surface area contributed by atoms with E-state index in [1.165, 1.54) is 11.1 Å². The van der Waals surface area contributed by atoms with Crippen molar-refractivity contribution >= 4 is 5.91 Å². The lowest BCUT2D eigenvalue weighted by atomic mass is 10.1. The molecule has 0 unspecified atom stereocenters. The van der Waals surface area contributed by atoms with Gasteiger partial charge in [-0.25, -0.2) is 0 Å². The lowest BCUT2D eigenvalue weighted by Crippen LogP contribution is -2.41. The summed E-state index contributed by atoms with van der Waals surface area (Å²) < 4.78 is 0. The predicted molar refractivity (Wildman–Crippen MR) is 90.8 cm³/mol. The summed E-state index contributed by atoms with van der Waals surface area (Å²) in [5.74, 6) is 0.254. The highest BCUT2D eigenvalue weighted by Gasteiger charge is 2.18. The topological polar surface area (TPSA) is 35.6 Å². The first-order valence-electron chi connectivity index (χ1n) is 8.45. The molecule has 122 valence electrons. The van der Waals surface area contributed by atoms with Gasteiger partial charge in [-0.1, -0.05) is 36.8 Å². The largest absolute Gasteiger partial charge is 0.337 e. The number of rotatable bonds is 6. The smallest absolute Gasteiger partial charge is 0.237 e. The summed E-state index contributed by atoms with van der Waals surface area (Å²) in [4.78, 5) is 16.9. The first-order valence-corrected chi connectivity index (χ1v) is 8.45. The van der Waals surface area contributed by atoms with Crippen molar-refractivity contribution < 1.29 is 4.79 Å². The third-order valence-corrected chi connectivity index (χ3v) is 4.13. The van der Waals surface area contributed by atoms with E-state index in [2.05, 4.69) is 48.3 Å². The molecular weight excluding hydrogens is 274 g/mol. The van der Waals surface area contributed by atoms with Crippen LogP contribution in [0.3, 0.4) is 0 Å². The number of benzene rings is 1. The lowest BCUT2D eigenvalue weighted by molar-refractivity contribution is -0.133. The molecule has 1 aliphatic rings. The molecule has 1 aliphatic heterocycles. The van der Waals surface area contributed by atoms with Gasteiger partial charge in [0.15, 0.2) is 0 Å². The van der Waals surface area contributed by atoms with Crippen LogP contribution in [-0.4, -0.2) is 55.0 Å². The van der Waals surface area contributed by atoms with Crippen LogP contribution in [-0.2, 0) is 11.3 Å². The summed E-state index contributed by atoms with van der Waals surface area (Å²) in [6.45, 7) is 10.4. The number of hydrogen-bond donors (Lipinski definition) is 1. The molecule has 0 radical (unpaired) electrons. The van der Waals surface area contributed by atoms with Gasteiger partial charge in [-0.3, -0.25) is 9.69 Å². The minimum atomic E-state index is 0.254. The highest BCUT2D eigenvalue weighted by molar-refractivity contribution is 5.78. The zero-order chi connectivity index (χ0) is 15.8. The molecule has 1 fully saturated rings. The molecule has 1 aromatic rings. The molecule has 0 bridgehead atoms. The van der Waals surface area contributed by atoms with E-state index in [9.17, 15) is 4.79 Å². The number of carbonyl (C=O) groups is 1. The highest BCUT2D eigenvalue weighted by Crippen LogP contribution is 2.09. The summed E-state index contributed by atoms with van der Waals surface area (Å²) in [5, 5.41) is 3.38. The quantitative estimate of drug-likeness (QED) is 0.873. The summed E-state index contributed by atoms with van der Waals surface area (Å²) in [7, 11) is 0. The molecule has 1 amide bonds. The van der Waals surface area contributed by atoms with Gasteiger partial charge in [-0.15, -0.1) is 0 Å². The number of nitrogens with zero attached hydrogens (tertiary/aromatic N) is 2. The zero-order valence-electron chi connectivity index (χ0n) is 14.0. The van der Waals surface area contributed by atoms with Gasteiger partial charge in [0.1, 0.15) is 0 Å². The molecule has 4 nitrogen and oxygen atoms in total. The van der Waals surface area contributed by atoms with E-state index in [0.717, 1.165) is 52.1 Å². The normalized spacial score (nSPS) is 16.3. The fourth-order valence-electron chi connectivity index (χ4n) is 2.83. The number of hydrogen-bond acceptors (Lipinski definition) is 3. The van der Waals surface area contributed by atoms with Crippen molar-refractivity contribution in [2.75, 3.05) is 39.3 Å². The van der Waals surface area contributed by atoms with Crippen molar-refractivity contribution in [3.63, 3.8) is 0 Å². The van der Waals surface area contributed by atoms with E-state index in [1.54, 1.807) is 0 Å². The Labute approximate surface area is 134 Å². The maximum Gasteiger partial charge on any atom is 0.237 e. The second-order valence-corrected chi connectivity index (χ2v) is 6.18. The highest BCUT2D eigenvalue weighted by atomic mass is 16.2. The van der Waals surface area contributed by atoms with Gasteiger partial charge in [0, 0.05) is 26.2 Å². The summed E-state index contributed by atoms with van der Waals surface area (Å²) in [6.07, 6.45) is 2.12. The summed E-state index contributed by atoms with van der Waals surface area (Å²) >= 11 is 0. The van der Waals surface area contributed by atoms with Crippen LogP contribution < -0.4 is 5.32 Å². The minimum Gasteiger partial charge on any atom is -0.337 e. The van der Waals surface area contributed by atoms with Crippen LogP contribution in [0.2, 0.25) is 0 Å². The molecular formula is C18H29N3O. The fourth-order valence-corrected chi connectivity index (χ4v) is 2.83. The van der Waals surface area contributed by atoms with Crippen LogP contribution in [0.4, 0.5) is 0 Å². The second kappa shape index (κ2) is 8.91. The average Bonchev–Trinajstić information content (AvgIpc) is 2.77. The lowest BCUT2D eigenvalue weighted by Gasteiger charge is -2.26. The molecule has 1 saturated heterocycles. The Hall–Kier alpha value is -1.39. The van der Waals surface area contributed by atoms with Crippen LogP contribution in [0, 0.1) is 6.92 Å². The van der Waals surface area contributed by atoms with Crippen molar-refractivity contribution in [1.29, 1.82) is 0 Å². The van der Waals surface area contributed by atoms with Gasteiger partial charge < -0.3 is 10.2 Å². The number of carbonyl (C=O) groups excluding carboxylic acids is 1.